The molecule has 0 amide bonds. The quantitative estimate of drug-likeness (QED) is 0.575. The van der Waals surface area contributed by atoms with E-state index in [4.69, 9.17) is 19.2 Å². The molecule has 1 spiro atoms. The predicted molar refractivity (Wildman–Crippen MR) is 81.8 cm³/mol. The van der Waals surface area contributed by atoms with Crippen molar-refractivity contribution in [2.75, 3.05) is 0 Å². The van der Waals surface area contributed by atoms with Crippen LogP contribution in [0.1, 0.15) is 59.8 Å². The van der Waals surface area contributed by atoms with Gasteiger partial charge in [0.2, 0.25) is 12.1 Å². The third kappa shape index (κ3) is 2.19. The van der Waals surface area contributed by atoms with Crippen molar-refractivity contribution in [1.82, 2.24) is 0 Å². The molecule has 0 aromatic rings. The number of fused-ring (bicyclic) bond motifs is 2. The van der Waals surface area contributed by atoms with Gasteiger partial charge >= 0.3 is 5.97 Å². The molecule has 0 aromatic carbocycles. The maximum Gasteiger partial charge on any atom is 0.311 e. The lowest BCUT2D eigenvalue weighted by Gasteiger charge is -2.58. The monoisotopic (exact) mass is 324 g/mol. The SMILES string of the molecule is CC(C)C[C@H]1C(=O)O[C@@H]2O[C@@]3(C)CC[C@H]4[C@H](C)CC[C@@H]1[C@@]24OO3. The van der Waals surface area contributed by atoms with Gasteiger partial charge in [-0.2, -0.15) is 0 Å². The Kier molecular flexibility index (Phi) is 3.56. The summed E-state index contributed by atoms with van der Waals surface area (Å²) in [7, 11) is 0. The zero-order valence-corrected chi connectivity index (χ0v) is 14.5. The molecule has 4 saturated heterocycles. The summed E-state index contributed by atoms with van der Waals surface area (Å²) in [5, 5.41) is 0. The molecule has 1 saturated carbocycles. The van der Waals surface area contributed by atoms with Gasteiger partial charge in [-0.25, -0.2) is 9.78 Å². The van der Waals surface area contributed by atoms with E-state index in [9.17, 15) is 4.79 Å². The number of hydrogen-bond acceptors (Lipinski definition) is 5. The number of carbonyl (C=O) groups is 1. The van der Waals surface area contributed by atoms with Gasteiger partial charge in [0.05, 0.1) is 5.92 Å². The molecule has 0 aromatic heterocycles. The second-order valence-corrected chi connectivity index (χ2v) is 8.58. The first-order valence-corrected chi connectivity index (χ1v) is 9.11. The summed E-state index contributed by atoms with van der Waals surface area (Å²) in [5.41, 5.74) is -0.624. The lowest BCUT2D eigenvalue weighted by Crippen LogP contribution is -2.70. The molecule has 130 valence electrons. The maximum atomic E-state index is 12.7. The van der Waals surface area contributed by atoms with Crippen LogP contribution in [-0.2, 0) is 24.0 Å². The minimum atomic E-state index is -0.803. The summed E-state index contributed by atoms with van der Waals surface area (Å²) in [4.78, 5) is 24.5. The molecule has 0 N–H and O–H groups in total. The van der Waals surface area contributed by atoms with Crippen LogP contribution >= 0.6 is 0 Å². The van der Waals surface area contributed by atoms with Gasteiger partial charge in [0.15, 0.2) is 5.60 Å². The molecular weight excluding hydrogens is 296 g/mol. The molecule has 4 heterocycles. The highest BCUT2D eigenvalue weighted by atomic mass is 17.3. The Morgan fingerprint density at radius 1 is 1.17 bits per heavy atom. The van der Waals surface area contributed by atoms with Crippen LogP contribution in [0.4, 0.5) is 0 Å². The third-order valence-corrected chi connectivity index (χ3v) is 6.51. The Labute approximate surface area is 137 Å². The van der Waals surface area contributed by atoms with Crippen LogP contribution in [0.25, 0.3) is 0 Å². The average molecular weight is 324 g/mol. The fourth-order valence-corrected chi connectivity index (χ4v) is 5.39. The predicted octanol–water partition coefficient (Wildman–Crippen LogP) is 3.42. The molecule has 0 radical (unpaired) electrons. The lowest BCUT2D eigenvalue weighted by atomic mass is 9.57. The van der Waals surface area contributed by atoms with E-state index in [0.717, 1.165) is 32.1 Å². The molecule has 1 aliphatic carbocycles. The van der Waals surface area contributed by atoms with Crippen molar-refractivity contribution in [3.63, 3.8) is 0 Å². The van der Waals surface area contributed by atoms with Crippen molar-refractivity contribution < 1.29 is 24.0 Å². The smallest absolute Gasteiger partial charge is 0.311 e. The summed E-state index contributed by atoms with van der Waals surface area (Å²) in [6.45, 7) is 8.47. The fourth-order valence-electron chi connectivity index (χ4n) is 5.39. The van der Waals surface area contributed by atoms with E-state index in [1.54, 1.807) is 0 Å². The largest absolute Gasteiger partial charge is 0.432 e. The second kappa shape index (κ2) is 5.17. The molecule has 2 bridgehead atoms. The van der Waals surface area contributed by atoms with Gasteiger partial charge in [0.1, 0.15) is 0 Å². The van der Waals surface area contributed by atoms with E-state index >= 15 is 0 Å². The van der Waals surface area contributed by atoms with E-state index in [2.05, 4.69) is 20.8 Å². The summed E-state index contributed by atoms with van der Waals surface area (Å²) < 4.78 is 11.9. The van der Waals surface area contributed by atoms with Crippen molar-refractivity contribution in [1.29, 1.82) is 0 Å². The molecule has 23 heavy (non-hydrogen) atoms. The van der Waals surface area contributed by atoms with Crippen LogP contribution in [0.5, 0.6) is 0 Å². The zero-order chi connectivity index (χ0) is 16.4. The molecule has 5 heteroatoms. The number of ether oxygens (including phenoxy) is 2. The van der Waals surface area contributed by atoms with E-state index in [1.807, 2.05) is 6.92 Å². The van der Waals surface area contributed by atoms with Gasteiger partial charge < -0.3 is 9.47 Å². The molecule has 5 fully saturated rings. The first kappa shape index (κ1) is 15.9. The lowest BCUT2D eigenvalue weighted by molar-refractivity contribution is -0.559. The second-order valence-electron chi connectivity index (χ2n) is 8.58. The summed E-state index contributed by atoms with van der Waals surface area (Å²) in [6.07, 6.45) is 4.09. The number of carbonyl (C=O) groups excluding carboxylic acids is 1. The van der Waals surface area contributed by atoms with Crippen LogP contribution < -0.4 is 0 Å². The van der Waals surface area contributed by atoms with E-state index in [-0.39, 0.29) is 17.8 Å². The topological polar surface area (TPSA) is 54.0 Å². The standard InChI is InChI=1S/C18H28O5/c1-10(2)9-12-14-6-5-11(3)13-7-8-17(4)21-16(20-15(12)19)18(13,14)23-22-17/h10-14,16H,5-9H2,1-4H3/t11-,12-,13+,14+,16-,17-,18-/m1/s1. The Morgan fingerprint density at radius 2 is 1.96 bits per heavy atom. The van der Waals surface area contributed by atoms with Crippen LogP contribution in [0.15, 0.2) is 0 Å². The maximum absolute atomic E-state index is 12.7. The molecular formula is C18H28O5. The van der Waals surface area contributed by atoms with Crippen LogP contribution in [-0.4, -0.2) is 23.6 Å². The minimum absolute atomic E-state index is 0.115. The van der Waals surface area contributed by atoms with Crippen molar-refractivity contribution in [3.8, 4) is 0 Å². The minimum Gasteiger partial charge on any atom is -0.432 e. The van der Waals surface area contributed by atoms with Gasteiger partial charge in [-0.15, -0.1) is 0 Å². The van der Waals surface area contributed by atoms with Crippen LogP contribution in [0.2, 0.25) is 0 Å². The molecule has 5 nitrogen and oxygen atoms in total. The Hall–Kier alpha value is -0.650. The Balaban J connectivity index is 1.77. The zero-order valence-electron chi connectivity index (χ0n) is 14.5. The van der Waals surface area contributed by atoms with E-state index in [0.29, 0.717) is 17.8 Å². The highest BCUT2D eigenvalue weighted by Crippen LogP contribution is 2.60. The van der Waals surface area contributed by atoms with Gasteiger partial charge in [0, 0.05) is 18.3 Å². The van der Waals surface area contributed by atoms with E-state index in [1.165, 1.54) is 0 Å². The molecule has 5 aliphatic rings. The number of hydrogen-bond donors (Lipinski definition) is 0. The fraction of sp³-hybridized carbons (Fsp3) is 0.944. The van der Waals surface area contributed by atoms with Crippen molar-refractivity contribution in [3.05, 3.63) is 0 Å². The highest BCUT2D eigenvalue weighted by Gasteiger charge is 2.70. The van der Waals surface area contributed by atoms with Gasteiger partial charge in [-0.1, -0.05) is 20.8 Å². The van der Waals surface area contributed by atoms with Crippen LogP contribution in [0, 0.1) is 29.6 Å². The first-order valence-electron chi connectivity index (χ1n) is 9.11. The van der Waals surface area contributed by atoms with Gasteiger partial charge in [-0.3, -0.25) is 4.79 Å². The number of rotatable bonds is 2. The molecule has 7 atom stereocenters. The van der Waals surface area contributed by atoms with Crippen molar-refractivity contribution in [2.24, 2.45) is 29.6 Å². The Morgan fingerprint density at radius 3 is 2.70 bits per heavy atom. The molecule has 4 aliphatic heterocycles. The van der Waals surface area contributed by atoms with Gasteiger partial charge in [0.25, 0.3) is 0 Å². The summed E-state index contributed by atoms with van der Waals surface area (Å²) in [6, 6.07) is 0. The first-order chi connectivity index (χ1) is 10.9. The Bertz CT molecular complexity index is 506. The van der Waals surface area contributed by atoms with Crippen molar-refractivity contribution in [2.45, 2.75) is 77.5 Å². The summed E-state index contributed by atoms with van der Waals surface area (Å²) in [5.74, 6) is 0.377. The highest BCUT2D eigenvalue weighted by molar-refractivity contribution is 5.74. The average Bonchev–Trinajstić information content (AvgIpc) is 2.70. The normalized spacial score (nSPS) is 52.0. The molecule has 0 unspecified atom stereocenters. The molecule has 5 rings (SSSR count). The van der Waals surface area contributed by atoms with E-state index < -0.39 is 17.7 Å². The van der Waals surface area contributed by atoms with Crippen LogP contribution in [0.3, 0.4) is 0 Å². The number of esters is 1. The van der Waals surface area contributed by atoms with Gasteiger partial charge in [-0.05, 0) is 44.4 Å². The summed E-state index contributed by atoms with van der Waals surface area (Å²) >= 11 is 0. The third-order valence-electron chi connectivity index (χ3n) is 6.51. The van der Waals surface area contributed by atoms with Crippen molar-refractivity contribution >= 4 is 5.97 Å².